The minimum Gasteiger partial charge on any atom is -0.507 e. The van der Waals surface area contributed by atoms with Crippen molar-refractivity contribution in [3.05, 3.63) is 41.2 Å². The van der Waals surface area contributed by atoms with Crippen LogP contribution in [0.1, 0.15) is 46.4 Å². The van der Waals surface area contributed by atoms with Crippen molar-refractivity contribution in [3.63, 3.8) is 0 Å². The van der Waals surface area contributed by atoms with Crippen LogP contribution in [0.5, 0.6) is 5.75 Å². The van der Waals surface area contributed by atoms with Crippen LogP contribution < -0.4 is 0 Å². The molecule has 0 unspecified atom stereocenters. The topological polar surface area (TPSA) is 63.6 Å². The van der Waals surface area contributed by atoms with Gasteiger partial charge in [0.05, 0.1) is 12.2 Å². The predicted molar refractivity (Wildman–Crippen MR) is 75.3 cm³/mol. The van der Waals surface area contributed by atoms with Gasteiger partial charge in [-0.25, -0.2) is 0 Å². The summed E-state index contributed by atoms with van der Waals surface area (Å²) in [6.45, 7) is 0.0524. The predicted octanol–water partition coefficient (Wildman–Crippen LogP) is 3.79. The lowest BCUT2D eigenvalue weighted by atomic mass is 9.93. The lowest BCUT2D eigenvalue weighted by molar-refractivity contribution is -0.135. The van der Waals surface area contributed by atoms with E-state index in [1.54, 1.807) is 0 Å². The fourth-order valence-electron chi connectivity index (χ4n) is 2.27. The SMILES string of the molecule is O=C1C(OCCCCCC(F)(F)F)=CC(=O)c2c(O)cccc21. The lowest BCUT2D eigenvalue weighted by Gasteiger charge is -2.16. The number of carbonyl (C=O) groups is 2. The number of aromatic hydroxyl groups is 1. The van der Waals surface area contributed by atoms with Crippen molar-refractivity contribution in [2.75, 3.05) is 6.61 Å². The second-order valence-corrected chi connectivity index (χ2v) is 5.18. The molecule has 0 aliphatic heterocycles. The Kier molecular flexibility index (Phi) is 5.08. The van der Waals surface area contributed by atoms with Crippen molar-refractivity contribution < 1.29 is 32.6 Å². The lowest BCUT2D eigenvalue weighted by Crippen LogP contribution is -2.19. The molecule has 0 saturated carbocycles. The Hall–Kier alpha value is -2.31. The third-order valence-electron chi connectivity index (χ3n) is 3.38. The summed E-state index contributed by atoms with van der Waals surface area (Å²) in [6, 6.07) is 4.17. The Morgan fingerprint density at radius 3 is 2.52 bits per heavy atom. The van der Waals surface area contributed by atoms with Crippen LogP contribution in [0.3, 0.4) is 0 Å². The molecule has 4 nitrogen and oxygen atoms in total. The van der Waals surface area contributed by atoms with E-state index in [9.17, 15) is 27.9 Å². The molecule has 1 aromatic carbocycles. The first kappa shape index (κ1) is 17.1. The van der Waals surface area contributed by atoms with E-state index in [4.69, 9.17) is 4.74 Å². The summed E-state index contributed by atoms with van der Waals surface area (Å²) < 4.78 is 41.2. The van der Waals surface area contributed by atoms with Crippen molar-refractivity contribution >= 4 is 11.6 Å². The molecule has 0 atom stereocenters. The van der Waals surface area contributed by atoms with Crippen molar-refractivity contribution in [1.82, 2.24) is 0 Å². The van der Waals surface area contributed by atoms with Gasteiger partial charge in [-0.3, -0.25) is 9.59 Å². The smallest absolute Gasteiger partial charge is 0.389 e. The summed E-state index contributed by atoms with van der Waals surface area (Å²) in [6.07, 6.45) is -3.36. The number of allylic oxidation sites excluding steroid dienone is 2. The van der Waals surface area contributed by atoms with Crippen LogP contribution in [0.25, 0.3) is 0 Å². The van der Waals surface area contributed by atoms with E-state index in [1.165, 1.54) is 18.2 Å². The molecule has 1 aromatic rings. The molecule has 0 saturated heterocycles. The Balaban J connectivity index is 1.88. The number of ketones is 2. The molecule has 1 aliphatic carbocycles. The van der Waals surface area contributed by atoms with E-state index in [2.05, 4.69) is 0 Å². The van der Waals surface area contributed by atoms with Crippen molar-refractivity contribution in [3.8, 4) is 5.75 Å². The molecule has 0 heterocycles. The largest absolute Gasteiger partial charge is 0.507 e. The number of hydrogen-bond acceptors (Lipinski definition) is 4. The molecular formula is C16H15F3O4. The maximum absolute atomic E-state index is 12.2. The van der Waals surface area contributed by atoms with Gasteiger partial charge in [-0.2, -0.15) is 13.2 Å². The average molecular weight is 328 g/mol. The molecule has 0 aromatic heterocycles. The van der Waals surface area contributed by atoms with Crippen molar-refractivity contribution in [1.29, 1.82) is 0 Å². The van der Waals surface area contributed by atoms with Gasteiger partial charge in [-0.15, -0.1) is 0 Å². The number of fused-ring (bicyclic) bond motifs is 1. The van der Waals surface area contributed by atoms with Gasteiger partial charge in [-0.1, -0.05) is 6.07 Å². The molecule has 0 fully saturated rings. The quantitative estimate of drug-likeness (QED) is 0.807. The van der Waals surface area contributed by atoms with Crippen LogP contribution in [-0.2, 0) is 4.74 Å². The highest BCUT2D eigenvalue weighted by molar-refractivity contribution is 6.24. The Morgan fingerprint density at radius 2 is 1.83 bits per heavy atom. The second-order valence-electron chi connectivity index (χ2n) is 5.18. The van der Waals surface area contributed by atoms with E-state index in [0.29, 0.717) is 12.8 Å². The Bertz CT molecular complexity index is 647. The van der Waals surface area contributed by atoms with Crippen molar-refractivity contribution in [2.24, 2.45) is 0 Å². The van der Waals surface area contributed by atoms with Gasteiger partial charge in [0.25, 0.3) is 0 Å². The highest BCUT2D eigenvalue weighted by atomic mass is 19.4. The van der Waals surface area contributed by atoms with Crippen molar-refractivity contribution in [2.45, 2.75) is 31.9 Å². The second kappa shape index (κ2) is 6.85. The van der Waals surface area contributed by atoms with Gasteiger partial charge in [0.15, 0.2) is 11.5 Å². The Morgan fingerprint density at radius 1 is 1.09 bits per heavy atom. The van der Waals surface area contributed by atoms with E-state index < -0.39 is 24.2 Å². The number of phenols is 1. The Labute approximate surface area is 130 Å². The third kappa shape index (κ3) is 4.34. The number of Topliss-reactive ketones (excluding diaryl/α,β-unsaturated/α-hetero) is 1. The molecule has 124 valence electrons. The van der Waals surface area contributed by atoms with Crippen LogP contribution in [0.15, 0.2) is 30.0 Å². The first-order valence-corrected chi connectivity index (χ1v) is 7.12. The maximum Gasteiger partial charge on any atom is 0.389 e. The number of alkyl halides is 3. The number of rotatable bonds is 6. The molecule has 1 aliphatic rings. The zero-order valence-electron chi connectivity index (χ0n) is 12.2. The number of carbonyl (C=O) groups excluding carboxylic acids is 2. The number of benzene rings is 1. The van der Waals surface area contributed by atoms with Crippen LogP contribution in [0.4, 0.5) is 13.2 Å². The molecule has 7 heteroatoms. The number of phenolic OH excluding ortho intramolecular Hbond substituents is 1. The van der Waals surface area contributed by atoms with Gasteiger partial charge in [0.2, 0.25) is 5.78 Å². The van der Waals surface area contributed by atoms with Crippen LogP contribution in [0, 0.1) is 0 Å². The normalized spacial score (nSPS) is 14.5. The molecule has 0 radical (unpaired) electrons. The molecule has 23 heavy (non-hydrogen) atoms. The molecule has 2 rings (SSSR count). The molecular weight excluding hydrogens is 313 g/mol. The number of ether oxygens (including phenoxy) is 1. The minimum atomic E-state index is -4.17. The first-order chi connectivity index (χ1) is 10.8. The van der Waals surface area contributed by atoms with Gasteiger partial charge in [0, 0.05) is 18.1 Å². The summed E-state index contributed by atoms with van der Waals surface area (Å²) in [5.41, 5.74) is -0.000372. The van der Waals surface area contributed by atoms with Crippen LogP contribution in [0.2, 0.25) is 0 Å². The summed E-state index contributed by atoms with van der Waals surface area (Å²) in [5.74, 6) is -1.48. The average Bonchev–Trinajstić information content (AvgIpc) is 2.46. The zero-order valence-corrected chi connectivity index (χ0v) is 12.2. The molecule has 1 N–H and O–H groups in total. The number of hydrogen-bond donors (Lipinski definition) is 1. The third-order valence-corrected chi connectivity index (χ3v) is 3.38. The van der Waals surface area contributed by atoms with Gasteiger partial charge in [-0.05, 0) is 31.4 Å². The fraction of sp³-hybridized carbons (Fsp3) is 0.375. The van der Waals surface area contributed by atoms with Gasteiger partial charge >= 0.3 is 6.18 Å². The number of halogens is 3. The monoisotopic (exact) mass is 328 g/mol. The minimum absolute atomic E-state index is 0.00447. The first-order valence-electron chi connectivity index (χ1n) is 7.12. The summed E-state index contributed by atoms with van der Waals surface area (Å²) in [4.78, 5) is 24.1. The highest BCUT2D eigenvalue weighted by Crippen LogP contribution is 2.29. The molecule has 0 amide bonds. The maximum atomic E-state index is 12.2. The van der Waals surface area contributed by atoms with E-state index >= 15 is 0 Å². The standard InChI is InChI=1S/C16H15F3O4/c17-16(18,19)7-2-1-3-8-23-13-9-12(21)14-10(15(13)22)5-4-6-11(14)20/h4-6,9,20H,1-3,7-8H2. The molecule has 0 spiro atoms. The van der Waals surface area contributed by atoms with Crippen LogP contribution in [-0.4, -0.2) is 29.5 Å². The highest BCUT2D eigenvalue weighted by Gasteiger charge is 2.29. The van der Waals surface area contributed by atoms with Gasteiger partial charge in [0.1, 0.15) is 5.75 Å². The fourth-order valence-corrected chi connectivity index (χ4v) is 2.27. The van der Waals surface area contributed by atoms with Gasteiger partial charge < -0.3 is 9.84 Å². The van der Waals surface area contributed by atoms with Crippen LogP contribution >= 0.6 is 0 Å². The van der Waals surface area contributed by atoms with E-state index in [0.717, 1.165) is 6.08 Å². The van der Waals surface area contributed by atoms with E-state index in [-0.39, 0.29) is 35.7 Å². The van der Waals surface area contributed by atoms with E-state index in [1.807, 2.05) is 0 Å². The summed E-state index contributed by atoms with van der Waals surface area (Å²) >= 11 is 0. The summed E-state index contributed by atoms with van der Waals surface area (Å²) in [5, 5.41) is 9.63. The molecule has 0 bridgehead atoms. The summed E-state index contributed by atoms with van der Waals surface area (Å²) in [7, 11) is 0. The zero-order chi connectivity index (χ0) is 17.0. The number of unbranched alkanes of at least 4 members (excludes halogenated alkanes) is 2.